The lowest BCUT2D eigenvalue weighted by Gasteiger charge is -2.30. The normalized spacial score (nSPS) is 14.8. The number of fused-ring (bicyclic) bond motifs is 1. The van der Waals surface area contributed by atoms with Crippen molar-refractivity contribution < 1.29 is 9.53 Å². The second-order valence-corrected chi connectivity index (χ2v) is 8.08. The van der Waals surface area contributed by atoms with Crippen molar-refractivity contribution in [2.75, 3.05) is 12.0 Å². The summed E-state index contributed by atoms with van der Waals surface area (Å²) in [7, 11) is 3.33. The van der Waals surface area contributed by atoms with E-state index in [-0.39, 0.29) is 24.1 Å². The smallest absolute Gasteiger partial charge is 0.266 e. The van der Waals surface area contributed by atoms with Crippen LogP contribution in [0.15, 0.2) is 40.0 Å². The predicted molar refractivity (Wildman–Crippen MR) is 113 cm³/mol. The van der Waals surface area contributed by atoms with Crippen LogP contribution in [0.2, 0.25) is 0 Å². The molecule has 1 atom stereocenters. The van der Waals surface area contributed by atoms with Gasteiger partial charge >= 0.3 is 0 Å². The van der Waals surface area contributed by atoms with Crippen LogP contribution in [0, 0.1) is 5.92 Å². The minimum absolute atomic E-state index is 0.0495. The number of aryl methyl sites for hydroxylation is 1. The van der Waals surface area contributed by atoms with Gasteiger partial charge in [-0.1, -0.05) is 0 Å². The third kappa shape index (κ3) is 3.66. The Balaban J connectivity index is 1.67. The van der Waals surface area contributed by atoms with Gasteiger partial charge in [0.25, 0.3) is 5.56 Å². The van der Waals surface area contributed by atoms with Crippen LogP contribution in [0.3, 0.4) is 0 Å². The second-order valence-electron chi connectivity index (χ2n) is 7.33. The van der Waals surface area contributed by atoms with Crippen LogP contribution in [-0.2, 0) is 18.4 Å². The monoisotopic (exact) mass is 459 g/mol. The van der Waals surface area contributed by atoms with Crippen molar-refractivity contribution in [3.8, 4) is 5.75 Å². The zero-order chi connectivity index (χ0) is 20.7. The molecule has 4 rings (SSSR count). The van der Waals surface area contributed by atoms with Gasteiger partial charge < -0.3 is 9.64 Å². The summed E-state index contributed by atoms with van der Waals surface area (Å²) >= 11 is 3.31. The zero-order valence-electron chi connectivity index (χ0n) is 16.5. The van der Waals surface area contributed by atoms with Crippen molar-refractivity contribution >= 4 is 38.6 Å². The molecule has 2 heterocycles. The molecule has 152 valence electrons. The predicted octanol–water partition coefficient (Wildman–Crippen LogP) is 2.73. The summed E-state index contributed by atoms with van der Waals surface area (Å²) in [6.07, 6.45) is 3.62. The molecule has 2 aromatic heterocycles. The molecule has 8 nitrogen and oxygen atoms in total. The summed E-state index contributed by atoms with van der Waals surface area (Å²) in [4.78, 5) is 32.3. The zero-order valence-corrected chi connectivity index (χ0v) is 18.1. The molecule has 1 aromatic carbocycles. The van der Waals surface area contributed by atoms with Crippen molar-refractivity contribution in [3.63, 3.8) is 0 Å². The van der Waals surface area contributed by atoms with Crippen molar-refractivity contribution in [1.82, 2.24) is 19.3 Å². The highest BCUT2D eigenvalue weighted by Gasteiger charge is 2.35. The minimum atomic E-state index is -0.294. The van der Waals surface area contributed by atoms with Crippen molar-refractivity contribution in [2.45, 2.75) is 32.4 Å². The molecule has 0 aliphatic heterocycles. The number of carbonyl (C=O) groups excluding carboxylic acids is 1. The lowest BCUT2D eigenvalue weighted by Crippen LogP contribution is -2.43. The molecule has 1 amide bonds. The Bertz CT molecular complexity index is 1120. The highest BCUT2D eigenvalue weighted by atomic mass is 79.9. The van der Waals surface area contributed by atoms with Gasteiger partial charge in [-0.2, -0.15) is 5.10 Å². The van der Waals surface area contributed by atoms with E-state index in [1.165, 1.54) is 15.6 Å². The first-order valence-corrected chi connectivity index (χ1v) is 10.2. The number of carbonyl (C=O) groups is 1. The van der Waals surface area contributed by atoms with Gasteiger partial charge in [-0.15, -0.1) is 0 Å². The molecule has 1 fully saturated rings. The average molecular weight is 460 g/mol. The third-order valence-corrected chi connectivity index (χ3v) is 5.96. The quantitative estimate of drug-likeness (QED) is 0.565. The van der Waals surface area contributed by atoms with Crippen molar-refractivity contribution in [2.24, 2.45) is 13.0 Å². The Morgan fingerprint density at radius 2 is 2.03 bits per heavy atom. The number of benzene rings is 1. The standard InChI is InChI=1S/C20H22BrN5O3/c1-12(13-4-5-13)26(14-6-8-15(29-3)9-7-14)16(27)10-25-11-22-19-17(20(25)28)18(21)23-24(19)2/h6-9,11-13H,4-5,10H2,1-3H3. The SMILES string of the molecule is COc1ccc(N(C(=O)Cn2cnc3c(c(Br)nn3C)c2=O)C(C)C2CC2)cc1. The molecular weight excluding hydrogens is 438 g/mol. The fraction of sp³-hybridized carbons (Fsp3) is 0.400. The molecule has 29 heavy (non-hydrogen) atoms. The van der Waals surface area contributed by atoms with E-state index in [1.54, 1.807) is 19.1 Å². The van der Waals surface area contributed by atoms with Gasteiger partial charge in [-0.3, -0.25) is 14.2 Å². The molecule has 0 saturated heterocycles. The second kappa shape index (κ2) is 7.62. The van der Waals surface area contributed by atoms with Crippen LogP contribution >= 0.6 is 15.9 Å². The number of amides is 1. The molecule has 9 heteroatoms. The van der Waals surface area contributed by atoms with Gasteiger partial charge in [0.2, 0.25) is 5.91 Å². The van der Waals surface area contributed by atoms with E-state index in [0.717, 1.165) is 24.3 Å². The molecule has 1 saturated carbocycles. The third-order valence-electron chi connectivity index (χ3n) is 5.40. The van der Waals surface area contributed by atoms with E-state index in [1.807, 2.05) is 24.3 Å². The molecule has 0 N–H and O–H groups in total. The summed E-state index contributed by atoms with van der Waals surface area (Å²) in [6, 6.07) is 7.46. The summed E-state index contributed by atoms with van der Waals surface area (Å²) in [6.45, 7) is 1.97. The number of halogens is 1. The molecule has 0 bridgehead atoms. The first kappa shape index (κ1) is 19.6. The maximum absolute atomic E-state index is 13.3. The Morgan fingerprint density at radius 3 is 2.66 bits per heavy atom. The van der Waals surface area contributed by atoms with E-state index in [4.69, 9.17) is 4.74 Å². The first-order valence-electron chi connectivity index (χ1n) is 9.44. The summed E-state index contributed by atoms with van der Waals surface area (Å²) < 4.78 is 8.52. The van der Waals surface area contributed by atoms with Gasteiger partial charge in [0.05, 0.1) is 7.11 Å². The van der Waals surface area contributed by atoms with Crippen LogP contribution < -0.4 is 15.2 Å². The van der Waals surface area contributed by atoms with Crippen LogP contribution in [0.4, 0.5) is 5.69 Å². The Morgan fingerprint density at radius 1 is 1.34 bits per heavy atom. The van der Waals surface area contributed by atoms with Gasteiger partial charge in [-0.05, 0) is 65.9 Å². The molecule has 1 aliphatic rings. The lowest BCUT2D eigenvalue weighted by atomic mass is 10.1. The summed E-state index contributed by atoms with van der Waals surface area (Å²) in [5, 5.41) is 4.55. The van der Waals surface area contributed by atoms with Gasteiger partial charge in [0, 0.05) is 18.8 Å². The van der Waals surface area contributed by atoms with Gasteiger partial charge in [0.1, 0.15) is 28.6 Å². The Kier molecular flexibility index (Phi) is 5.16. The molecule has 1 aliphatic carbocycles. The van der Waals surface area contributed by atoms with Crippen LogP contribution in [0.1, 0.15) is 19.8 Å². The highest BCUT2D eigenvalue weighted by molar-refractivity contribution is 9.10. The van der Waals surface area contributed by atoms with Crippen LogP contribution in [-0.4, -0.2) is 38.4 Å². The minimum Gasteiger partial charge on any atom is -0.497 e. The Hall–Kier alpha value is -2.68. The number of nitrogens with zero attached hydrogens (tertiary/aromatic N) is 5. The van der Waals surface area contributed by atoms with Gasteiger partial charge in [0.15, 0.2) is 5.65 Å². The number of rotatable bonds is 6. The van der Waals surface area contributed by atoms with Gasteiger partial charge in [-0.25, -0.2) is 9.67 Å². The maximum Gasteiger partial charge on any atom is 0.266 e. The first-order chi connectivity index (χ1) is 13.9. The lowest BCUT2D eigenvalue weighted by molar-refractivity contribution is -0.119. The highest BCUT2D eigenvalue weighted by Crippen LogP contribution is 2.37. The van der Waals surface area contributed by atoms with E-state index in [2.05, 4.69) is 32.9 Å². The molecule has 0 radical (unpaired) electrons. The number of ether oxygens (including phenoxy) is 1. The van der Waals surface area contributed by atoms with E-state index < -0.39 is 0 Å². The molecular formula is C20H22BrN5O3. The Labute approximate surface area is 176 Å². The van der Waals surface area contributed by atoms with Crippen LogP contribution in [0.5, 0.6) is 5.75 Å². The number of anilines is 1. The van der Waals surface area contributed by atoms with Crippen molar-refractivity contribution in [1.29, 1.82) is 0 Å². The van der Waals surface area contributed by atoms with E-state index in [0.29, 0.717) is 21.6 Å². The summed E-state index contributed by atoms with van der Waals surface area (Å²) in [5.41, 5.74) is 0.973. The van der Waals surface area contributed by atoms with Crippen molar-refractivity contribution in [3.05, 3.63) is 45.5 Å². The van der Waals surface area contributed by atoms with E-state index >= 15 is 0 Å². The number of methoxy groups -OCH3 is 1. The van der Waals surface area contributed by atoms with E-state index in [9.17, 15) is 9.59 Å². The average Bonchev–Trinajstić information content (AvgIpc) is 3.51. The fourth-order valence-electron chi connectivity index (χ4n) is 3.61. The number of hydrogen-bond donors (Lipinski definition) is 0. The van der Waals surface area contributed by atoms with Crippen LogP contribution in [0.25, 0.3) is 11.0 Å². The summed E-state index contributed by atoms with van der Waals surface area (Å²) in [5.74, 6) is 1.05. The topological polar surface area (TPSA) is 82.2 Å². The number of aromatic nitrogens is 4. The molecule has 0 spiro atoms. The number of hydrogen-bond acceptors (Lipinski definition) is 5. The molecule has 3 aromatic rings. The maximum atomic E-state index is 13.3. The fourth-order valence-corrected chi connectivity index (χ4v) is 4.19. The molecule has 1 unspecified atom stereocenters. The largest absolute Gasteiger partial charge is 0.497 e.